The number of hydrogen-bond acceptors (Lipinski definition) is 1. The number of benzene rings is 1. The molecule has 2 N–H and O–H groups in total. The Balaban J connectivity index is 2.04. The maximum absolute atomic E-state index is 6.23. The van der Waals surface area contributed by atoms with Gasteiger partial charge in [0.25, 0.3) is 0 Å². The van der Waals surface area contributed by atoms with Crippen molar-refractivity contribution in [2.24, 2.45) is 11.7 Å². The molecule has 88 valence electrons. The van der Waals surface area contributed by atoms with Crippen molar-refractivity contribution in [3.05, 3.63) is 33.8 Å². The number of hydrogen-bond donors (Lipinski definition) is 1. The maximum atomic E-state index is 6.23. The molecule has 3 heteroatoms. The minimum Gasteiger partial charge on any atom is -0.327 e. The van der Waals surface area contributed by atoms with Gasteiger partial charge in [0.15, 0.2) is 0 Å². The third-order valence-electron chi connectivity index (χ3n) is 3.47. The van der Waals surface area contributed by atoms with E-state index in [0.717, 1.165) is 22.0 Å². The van der Waals surface area contributed by atoms with E-state index in [1.54, 1.807) is 0 Å². The molecule has 0 radical (unpaired) electrons. The van der Waals surface area contributed by atoms with E-state index < -0.39 is 0 Å². The second-order valence-corrected chi connectivity index (χ2v) is 5.49. The Kier molecular flexibility index (Phi) is 4.12. The zero-order valence-electron chi connectivity index (χ0n) is 9.26. The third-order valence-corrected chi connectivity index (χ3v) is 4.07. The van der Waals surface area contributed by atoms with Crippen molar-refractivity contribution >= 4 is 23.2 Å². The molecule has 1 atom stereocenters. The van der Waals surface area contributed by atoms with Crippen LogP contribution in [-0.2, 0) is 6.42 Å². The summed E-state index contributed by atoms with van der Waals surface area (Å²) >= 11 is 12.1. The summed E-state index contributed by atoms with van der Waals surface area (Å²) in [4.78, 5) is 0. The lowest BCUT2D eigenvalue weighted by Gasteiger charge is -2.19. The van der Waals surface area contributed by atoms with Crippen LogP contribution >= 0.6 is 23.2 Å². The summed E-state index contributed by atoms with van der Waals surface area (Å²) in [6, 6.07) is 5.81. The molecule has 1 unspecified atom stereocenters. The molecule has 1 aliphatic rings. The molecule has 1 nitrogen and oxygen atoms in total. The van der Waals surface area contributed by atoms with Crippen molar-refractivity contribution in [2.75, 3.05) is 0 Å². The fourth-order valence-corrected chi connectivity index (χ4v) is 2.90. The standard InChI is InChI=1S/C13H17Cl2N/c14-11-5-6-12(15)10(7-11)8-13(16)9-3-1-2-4-9/h5-7,9,13H,1-4,8,16H2. The lowest BCUT2D eigenvalue weighted by atomic mass is 9.93. The van der Waals surface area contributed by atoms with E-state index in [9.17, 15) is 0 Å². The second-order valence-electron chi connectivity index (χ2n) is 4.65. The molecule has 16 heavy (non-hydrogen) atoms. The zero-order chi connectivity index (χ0) is 11.5. The van der Waals surface area contributed by atoms with E-state index in [2.05, 4.69) is 0 Å². The normalized spacial score (nSPS) is 18.9. The Hall–Kier alpha value is -0.240. The van der Waals surface area contributed by atoms with Gasteiger partial charge in [-0.05, 0) is 48.9 Å². The Bertz CT molecular complexity index is 359. The van der Waals surface area contributed by atoms with Gasteiger partial charge in [0, 0.05) is 16.1 Å². The number of halogens is 2. The predicted molar refractivity (Wildman–Crippen MR) is 70.1 cm³/mol. The average Bonchev–Trinajstić information content (AvgIpc) is 2.76. The summed E-state index contributed by atoms with van der Waals surface area (Å²) in [7, 11) is 0. The van der Waals surface area contributed by atoms with Gasteiger partial charge in [-0.2, -0.15) is 0 Å². The molecule has 0 bridgehead atoms. The predicted octanol–water partition coefficient (Wildman–Crippen LogP) is 4.05. The summed E-state index contributed by atoms with van der Waals surface area (Å²) in [6.45, 7) is 0. The molecule has 0 amide bonds. The van der Waals surface area contributed by atoms with Crippen molar-refractivity contribution in [1.82, 2.24) is 0 Å². The van der Waals surface area contributed by atoms with Crippen LogP contribution < -0.4 is 5.73 Å². The number of nitrogens with two attached hydrogens (primary N) is 1. The Morgan fingerprint density at radius 1 is 1.25 bits per heavy atom. The minimum absolute atomic E-state index is 0.221. The zero-order valence-corrected chi connectivity index (χ0v) is 10.8. The SMILES string of the molecule is NC(Cc1cc(Cl)ccc1Cl)C1CCCC1. The van der Waals surface area contributed by atoms with Crippen molar-refractivity contribution < 1.29 is 0 Å². The quantitative estimate of drug-likeness (QED) is 0.869. The van der Waals surface area contributed by atoms with Crippen LogP contribution in [0.5, 0.6) is 0 Å². The van der Waals surface area contributed by atoms with Gasteiger partial charge in [0.2, 0.25) is 0 Å². The van der Waals surface area contributed by atoms with E-state index in [0.29, 0.717) is 5.92 Å². The van der Waals surface area contributed by atoms with E-state index in [-0.39, 0.29) is 6.04 Å². The Morgan fingerprint density at radius 3 is 2.62 bits per heavy atom. The molecule has 2 rings (SSSR count). The molecule has 0 aromatic heterocycles. The summed E-state index contributed by atoms with van der Waals surface area (Å²) in [5.74, 6) is 0.662. The highest BCUT2D eigenvalue weighted by atomic mass is 35.5. The summed E-state index contributed by atoms with van der Waals surface area (Å²) in [5.41, 5.74) is 7.31. The van der Waals surface area contributed by atoms with Gasteiger partial charge in [-0.1, -0.05) is 36.0 Å². The van der Waals surface area contributed by atoms with Crippen LogP contribution in [0.2, 0.25) is 10.0 Å². The molecule has 1 aromatic rings. The molecule has 1 saturated carbocycles. The average molecular weight is 258 g/mol. The van der Waals surface area contributed by atoms with Crippen molar-refractivity contribution in [2.45, 2.75) is 38.1 Å². The number of rotatable bonds is 3. The molecular weight excluding hydrogens is 241 g/mol. The van der Waals surface area contributed by atoms with E-state index in [4.69, 9.17) is 28.9 Å². The fraction of sp³-hybridized carbons (Fsp3) is 0.538. The van der Waals surface area contributed by atoms with E-state index >= 15 is 0 Å². The van der Waals surface area contributed by atoms with Gasteiger partial charge < -0.3 is 5.73 Å². The monoisotopic (exact) mass is 257 g/mol. The van der Waals surface area contributed by atoms with Gasteiger partial charge in [0.1, 0.15) is 0 Å². The molecule has 0 spiro atoms. The first kappa shape index (κ1) is 12.2. The van der Waals surface area contributed by atoms with Gasteiger partial charge in [0.05, 0.1) is 0 Å². The van der Waals surface area contributed by atoms with E-state index in [1.165, 1.54) is 25.7 Å². The lowest BCUT2D eigenvalue weighted by Crippen LogP contribution is -2.30. The molecule has 0 saturated heterocycles. The van der Waals surface area contributed by atoms with Gasteiger partial charge >= 0.3 is 0 Å². The molecule has 0 heterocycles. The van der Waals surface area contributed by atoms with Crippen molar-refractivity contribution in [1.29, 1.82) is 0 Å². The van der Waals surface area contributed by atoms with Gasteiger partial charge in [-0.15, -0.1) is 0 Å². The summed E-state index contributed by atoms with van der Waals surface area (Å²) < 4.78 is 0. The highest BCUT2D eigenvalue weighted by molar-refractivity contribution is 6.33. The first-order valence-electron chi connectivity index (χ1n) is 5.86. The van der Waals surface area contributed by atoms with Crippen LogP contribution in [0.15, 0.2) is 18.2 Å². The Labute approximate surface area is 107 Å². The van der Waals surface area contributed by atoms with Crippen molar-refractivity contribution in [3.63, 3.8) is 0 Å². The van der Waals surface area contributed by atoms with Crippen LogP contribution in [0.1, 0.15) is 31.2 Å². The lowest BCUT2D eigenvalue weighted by molar-refractivity contribution is 0.429. The molecule has 1 fully saturated rings. The smallest absolute Gasteiger partial charge is 0.0439 e. The van der Waals surface area contributed by atoms with Crippen LogP contribution in [0, 0.1) is 5.92 Å². The Morgan fingerprint density at radius 2 is 1.94 bits per heavy atom. The van der Waals surface area contributed by atoms with Gasteiger partial charge in [-0.25, -0.2) is 0 Å². The molecular formula is C13H17Cl2N. The fourth-order valence-electron chi connectivity index (χ4n) is 2.51. The maximum Gasteiger partial charge on any atom is 0.0439 e. The third kappa shape index (κ3) is 2.91. The largest absolute Gasteiger partial charge is 0.327 e. The first-order valence-corrected chi connectivity index (χ1v) is 6.62. The summed E-state index contributed by atoms with van der Waals surface area (Å²) in [5, 5.41) is 1.51. The topological polar surface area (TPSA) is 26.0 Å². The van der Waals surface area contributed by atoms with Crippen LogP contribution in [0.4, 0.5) is 0 Å². The van der Waals surface area contributed by atoms with E-state index in [1.807, 2.05) is 18.2 Å². The van der Waals surface area contributed by atoms with Crippen LogP contribution in [0.25, 0.3) is 0 Å². The second kappa shape index (κ2) is 5.39. The van der Waals surface area contributed by atoms with Gasteiger partial charge in [-0.3, -0.25) is 0 Å². The highest BCUT2D eigenvalue weighted by Crippen LogP contribution is 2.30. The molecule has 1 aliphatic carbocycles. The van der Waals surface area contributed by atoms with Crippen LogP contribution in [0.3, 0.4) is 0 Å². The van der Waals surface area contributed by atoms with Crippen molar-refractivity contribution in [3.8, 4) is 0 Å². The molecule has 0 aliphatic heterocycles. The minimum atomic E-state index is 0.221. The van der Waals surface area contributed by atoms with Crippen LogP contribution in [-0.4, -0.2) is 6.04 Å². The first-order chi connectivity index (χ1) is 7.66. The highest BCUT2D eigenvalue weighted by Gasteiger charge is 2.22. The summed E-state index contributed by atoms with van der Waals surface area (Å²) in [6.07, 6.45) is 6.01. The molecule has 1 aromatic carbocycles.